The van der Waals surface area contributed by atoms with Crippen molar-refractivity contribution in [1.82, 2.24) is 4.98 Å². The molecule has 2 nitrogen and oxygen atoms in total. The highest BCUT2D eigenvalue weighted by Gasteiger charge is 2.13. The first-order chi connectivity index (χ1) is 9.47. The van der Waals surface area contributed by atoms with Crippen molar-refractivity contribution in [2.24, 2.45) is 5.73 Å². The molecule has 1 aromatic heterocycles. The summed E-state index contributed by atoms with van der Waals surface area (Å²) in [4.78, 5) is 4.40. The molecule has 20 heavy (non-hydrogen) atoms. The van der Waals surface area contributed by atoms with E-state index in [1.54, 1.807) is 6.20 Å². The second-order valence-corrected chi connectivity index (χ2v) is 7.00. The maximum atomic E-state index is 6.27. The Labute approximate surface area is 137 Å². The molecular weight excluding hydrogens is 380 g/mol. The van der Waals surface area contributed by atoms with Crippen LogP contribution in [0.5, 0.6) is 0 Å². The number of hydrogen-bond donors (Lipinski definition) is 1. The minimum absolute atomic E-state index is 0.109. The molecule has 0 bridgehead atoms. The summed E-state index contributed by atoms with van der Waals surface area (Å²) in [6.45, 7) is 4.40. The average Bonchev–Trinajstić information content (AvgIpc) is 2.39. The monoisotopic (exact) mass is 396 g/mol. The molecule has 1 heterocycles. The summed E-state index contributed by atoms with van der Waals surface area (Å²) in [5.74, 6) is 0.556. The van der Waals surface area contributed by atoms with E-state index >= 15 is 0 Å². The third kappa shape index (κ3) is 3.90. The van der Waals surface area contributed by atoms with E-state index in [4.69, 9.17) is 5.73 Å². The van der Waals surface area contributed by atoms with Gasteiger partial charge in [0.2, 0.25) is 0 Å². The Hall–Kier alpha value is -0.710. The number of aromatic nitrogens is 1. The minimum atomic E-state index is -0.109. The number of rotatable bonds is 4. The van der Waals surface area contributed by atoms with Crippen molar-refractivity contribution in [2.45, 2.75) is 32.2 Å². The Morgan fingerprint density at radius 2 is 1.80 bits per heavy atom. The fraction of sp³-hybridized carbons (Fsp3) is 0.312. The molecule has 0 saturated heterocycles. The fourth-order valence-electron chi connectivity index (χ4n) is 2.09. The molecule has 0 aliphatic heterocycles. The Morgan fingerprint density at radius 3 is 2.35 bits per heavy atom. The van der Waals surface area contributed by atoms with Gasteiger partial charge in [-0.05, 0) is 61.4 Å². The topological polar surface area (TPSA) is 38.9 Å². The van der Waals surface area contributed by atoms with Crippen molar-refractivity contribution < 1.29 is 0 Å². The van der Waals surface area contributed by atoms with Crippen molar-refractivity contribution >= 4 is 31.9 Å². The van der Waals surface area contributed by atoms with Gasteiger partial charge in [-0.15, -0.1) is 0 Å². The van der Waals surface area contributed by atoms with E-state index in [-0.39, 0.29) is 6.04 Å². The number of hydrogen-bond acceptors (Lipinski definition) is 2. The van der Waals surface area contributed by atoms with Crippen molar-refractivity contribution in [1.29, 1.82) is 0 Å². The normalized spacial score (nSPS) is 12.7. The predicted octanol–water partition coefficient (Wildman–Crippen LogP) is 4.97. The molecule has 0 spiro atoms. The predicted molar refractivity (Wildman–Crippen MR) is 90.8 cm³/mol. The zero-order valence-electron chi connectivity index (χ0n) is 11.6. The molecule has 0 aliphatic carbocycles. The Balaban J connectivity index is 2.12. The third-order valence-electron chi connectivity index (χ3n) is 3.29. The van der Waals surface area contributed by atoms with E-state index in [1.807, 2.05) is 6.07 Å². The number of nitrogens with zero attached hydrogens (tertiary/aromatic N) is 1. The van der Waals surface area contributed by atoms with Gasteiger partial charge in [-0.25, -0.2) is 0 Å². The number of nitrogens with two attached hydrogens (primary N) is 1. The van der Waals surface area contributed by atoms with Gasteiger partial charge in [0.25, 0.3) is 0 Å². The van der Waals surface area contributed by atoms with Gasteiger partial charge in [-0.3, -0.25) is 4.98 Å². The maximum absolute atomic E-state index is 6.27. The highest BCUT2D eigenvalue weighted by atomic mass is 79.9. The van der Waals surface area contributed by atoms with Crippen LogP contribution in [0.1, 0.15) is 42.6 Å². The van der Waals surface area contributed by atoms with Crippen LogP contribution < -0.4 is 5.73 Å². The van der Waals surface area contributed by atoms with Crippen molar-refractivity contribution in [2.75, 3.05) is 0 Å². The summed E-state index contributed by atoms with van der Waals surface area (Å²) in [5.41, 5.74) is 9.74. The zero-order chi connectivity index (χ0) is 14.7. The van der Waals surface area contributed by atoms with Crippen LogP contribution in [0.25, 0.3) is 0 Å². The van der Waals surface area contributed by atoms with E-state index in [9.17, 15) is 0 Å². The molecule has 0 saturated carbocycles. The lowest BCUT2D eigenvalue weighted by atomic mass is 9.98. The molecule has 1 atom stereocenters. The highest BCUT2D eigenvalue weighted by molar-refractivity contribution is 9.11. The Bertz CT molecular complexity index is 580. The second-order valence-electron chi connectivity index (χ2n) is 5.23. The van der Waals surface area contributed by atoms with Crippen LogP contribution in [0.15, 0.2) is 45.5 Å². The SMILES string of the molecule is CC(C)c1ccc(CC(N)c2ncc(Br)cc2Br)cc1. The molecule has 0 aliphatic rings. The third-order valence-corrected chi connectivity index (χ3v) is 4.36. The summed E-state index contributed by atoms with van der Waals surface area (Å²) in [7, 11) is 0. The van der Waals surface area contributed by atoms with Gasteiger partial charge in [-0.2, -0.15) is 0 Å². The van der Waals surface area contributed by atoms with Gasteiger partial charge in [0.1, 0.15) is 0 Å². The standard InChI is InChI=1S/C16H18Br2N2/c1-10(2)12-5-3-11(4-6-12)7-15(19)16-14(18)8-13(17)9-20-16/h3-6,8-10,15H,7,19H2,1-2H3. The van der Waals surface area contributed by atoms with Crippen LogP contribution in [0.4, 0.5) is 0 Å². The molecule has 0 fully saturated rings. The molecular formula is C16H18Br2N2. The molecule has 0 amide bonds. The molecule has 106 valence electrons. The number of benzene rings is 1. The van der Waals surface area contributed by atoms with Crippen LogP contribution >= 0.6 is 31.9 Å². The van der Waals surface area contributed by atoms with Crippen LogP contribution in [-0.4, -0.2) is 4.98 Å². The van der Waals surface area contributed by atoms with Gasteiger partial charge in [0.15, 0.2) is 0 Å². The second kappa shape index (κ2) is 6.83. The van der Waals surface area contributed by atoms with Gasteiger partial charge in [-0.1, -0.05) is 38.1 Å². The molecule has 2 N–H and O–H groups in total. The van der Waals surface area contributed by atoms with Gasteiger partial charge >= 0.3 is 0 Å². The zero-order valence-corrected chi connectivity index (χ0v) is 14.8. The van der Waals surface area contributed by atoms with Crippen LogP contribution in [0.3, 0.4) is 0 Å². The van der Waals surface area contributed by atoms with Crippen molar-refractivity contribution in [3.8, 4) is 0 Å². The summed E-state index contributed by atoms with van der Waals surface area (Å²) >= 11 is 6.92. The van der Waals surface area contributed by atoms with Crippen LogP contribution in [0.2, 0.25) is 0 Å². The first-order valence-electron chi connectivity index (χ1n) is 6.62. The summed E-state index contributed by atoms with van der Waals surface area (Å²) < 4.78 is 1.89. The van der Waals surface area contributed by atoms with Crippen LogP contribution in [0, 0.1) is 0 Å². The highest BCUT2D eigenvalue weighted by Crippen LogP contribution is 2.26. The van der Waals surface area contributed by atoms with E-state index in [0.717, 1.165) is 21.1 Å². The van der Waals surface area contributed by atoms with Crippen molar-refractivity contribution in [3.05, 3.63) is 62.3 Å². The van der Waals surface area contributed by atoms with E-state index < -0.39 is 0 Å². The fourth-order valence-corrected chi connectivity index (χ4v) is 3.37. The van der Waals surface area contributed by atoms with E-state index in [1.165, 1.54) is 11.1 Å². The first kappa shape index (κ1) is 15.7. The molecule has 2 rings (SSSR count). The average molecular weight is 398 g/mol. The lowest BCUT2D eigenvalue weighted by Crippen LogP contribution is -2.15. The lowest BCUT2D eigenvalue weighted by Gasteiger charge is -2.14. The molecule has 1 aromatic carbocycles. The van der Waals surface area contributed by atoms with Crippen LogP contribution in [-0.2, 0) is 6.42 Å². The lowest BCUT2D eigenvalue weighted by molar-refractivity contribution is 0.691. The summed E-state index contributed by atoms with van der Waals surface area (Å²) in [6.07, 6.45) is 2.56. The molecule has 1 unspecified atom stereocenters. The Morgan fingerprint density at radius 1 is 1.15 bits per heavy atom. The van der Waals surface area contributed by atoms with Gasteiger partial charge in [0.05, 0.1) is 11.7 Å². The minimum Gasteiger partial charge on any atom is -0.322 e. The summed E-state index contributed by atoms with van der Waals surface area (Å²) in [6, 6.07) is 10.5. The van der Waals surface area contributed by atoms with E-state index in [2.05, 4.69) is 75.0 Å². The van der Waals surface area contributed by atoms with E-state index in [0.29, 0.717) is 5.92 Å². The number of halogens is 2. The molecule has 4 heteroatoms. The summed E-state index contributed by atoms with van der Waals surface area (Å²) in [5, 5.41) is 0. The first-order valence-corrected chi connectivity index (χ1v) is 8.21. The molecule has 2 aromatic rings. The van der Waals surface area contributed by atoms with Gasteiger partial charge in [0, 0.05) is 15.1 Å². The number of pyridine rings is 1. The smallest absolute Gasteiger partial charge is 0.0716 e. The van der Waals surface area contributed by atoms with Gasteiger partial charge < -0.3 is 5.73 Å². The largest absolute Gasteiger partial charge is 0.322 e. The van der Waals surface area contributed by atoms with Crippen molar-refractivity contribution in [3.63, 3.8) is 0 Å². The molecule has 0 radical (unpaired) electrons. The maximum Gasteiger partial charge on any atom is 0.0716 e. The Kier molecular flexibility index (Phi) is 5.35. The quantitative estimate of drug-likeness (QED) is 0.790.